The van der Waals surface area contributed by atoms with E-state index in [0.29, 0.717) is 5.56 Å². The molecule has 100 valence electrons. The molecule has 0 saturated heterocycles. The molecule has 0 aliphatic carbocycles. The Labute approximate surface area is 105 Å². The fourth-order valence-electron chi connectivity index (χ4n) is 1.49. The highest BCUT2D eigenvalue weighted by Crippen LogP contribution is 2.41. The van der Waals surface area contributed by atoms with Gasteiger partial charge in [-0.3, -0.25) is 0 Å². The van der Waals surface area contributed by atoms with Gasteiger partial charge in [-0.1, -0.05) is 30.3 Å². The largest absolute Gasteiger partial charge is 0.511 e. The zero-order valence-electron chi connectivity index (χ0n) is 9.27. The van der Waals surface area contributed by atoms with E-state index in [1.54, 1.807) is 18.2 Å². The van der Waals surface area contributed by atoms with E-state index < -0.39 is 23.8 Å². The summed E-state index contributed by atoms with van der Waals surface area (Å²) in [6.07, 6.45) is -6.68. The van der Waals surface area contributed by atoms with E-state index in [2.05, 4.69) is 9.15 Å². The first kappa shape index (κ1) is 13.0. The van der Waals surface area contributed by atoms with Crippen LogP contribution in [0.4, 0.5) is 18.0 Å². The number of ether oxygens (including phenoxy) is 1. The Bertz CT molecular complexity index is 587. The first-order valence-electron chi connectivity index (χ1n) is 5.05. The van der Waals surface area contributed by atoms with Gasteiger partial charge in [0, 0.05) is 11.6 Å². The van der Waals surface area contributed by atoms with Crippen molar-refractivity contribution in [2.45, 2.75) is 6.18 Å². The smallest absolute Gasteiger partial charge is 0.449 e. The quantitative estimate of drug-likeness (QED) is 0.839. The van der Waals surface area contributed by atoms with Crippen LogP contribution in [0, 0.1) is 0 Å². The zero-order valence-corrected chi connectivity index (χ0v) is 9.27. The van der Waals surface area contributed by atoms with Gasteiger partial charge in [0.05, 0.1) is 0 Å². The molecule has 19 heavy (non-hydrogen) atoms. The number of alkyl halides is 3. The summed E-state index contributed by atoms with van der Waals surface area (Å²) < 4.78 is 46.7. The lowest BCUT2D eigenvalue weighted by Gasteiger charge is -2.04. The van der Waals surface area contributed by atoms with Crippen molar-refractivity contribution in [3.05, 3.63) is 42.2 Å². The second kappa shape index (κ2) is 4.68. The van der Waals surface area contributed by atoms with Gasteiger partial charge in [-0.25, -0.2) is 4.79 Å². The van der Waals surface area contributed by atoms with Crippen molar-refractivity contribution < 1.29 is 32.2 Å². The molecule has 0 spiro atoms. The van der Waals surface area contributed by atoms with Crippen molar-refractivity contribution in [1.82, 2.24) is 0 Å². The standard InChI is InChI=1S/C12H7F3O4/c13-12(14,15)10-9(19-11(16)17)6-8(18-10)7-4-2-1-3-5-7/h1-6H,(H,16,17). The van der Waals surface area contributed by atoms with E-state index in [0.717, 1.165) is 6.07 Å². The first-order chi connectivity index (χ1) is 8.88. The van der Waals surface area contributed by atoms with Gasteiger partial charge in [0.2, 0.25) is 0 Å². The van der Waals surface area contributed by atoms with Crippen molar-refractivity contribution in [3.63, 3.8) is 0 Å². The van der Waals surface area contributed by atoms with Crippen molar-refractivity contribution in [3.8, 4) is 17.1 Å². The molecule has 0 saturated carbocycles. The molecular formula is C12H7F3O4. The Hall–Kier alpha value is -2.44. The molecule has 0 unspecified atom stereocenters. The minimum absolute atomic E-state index is 0.121. The predicted molar refractivity (Wildman–Crippen MR) is 57.8 cm³/mol. The summed E-state index contributed by atoms with van der Waals surface area (Å²) in [5.74, 6) is -2.48. The summed E-state index contributed by atoms with van der Waals surface area (Å²) in [5.41, 5.74) is 0.383. The number of carbonyl (C=O) groups is 1. The molecule has 1 aromatic heterocycles. The zero-order chi connectivity index (χ0) is 14.0. The molecule has 0 aliphatic rings. The molecule has 1 aromatic carbocycles. The van der Waals surface area contributed by atoms with Crippen LogP contribution in [-0.2, 0) is 6.18 Å². The van der Waals surface area contributed by atoms with Crippen molar-refractivity contribution in [2.75, 3.05) is 0 Å². The molecule has 0 fully saturated rings. The Morgan fingerprint density at radius 3 is 2.37 bits per heavy atom. The Morgan fingerprint density at radius 2 is 1.84 bits per heavy atom. The second-order valence-corrected chi connectivity index (χ2v) is 3.54. The van der Waals surface area contributed by atoms with Crippen LogP contribution >= 0.6 is 0 Å². The number of benzene rings is 1. The third-order valence-electron chi connectivity index (χ3n) is 2.21. The van der Waals surface area contributed by atoms with Gasteiger partial charge in [0.25, 0.3) is 5.76 Å². The fourth-order valence-corrected chi connectivity index (χ4v) is 1.49. The van der Waals surface area contributed by atoms with E-state index in [4.69, 9.17) is 5.11 Å². The van der Waals surface area contributed by atoms with Crippen LogP contribution in [0.5, 0.6) is 5.75 Å². The fraction of sp³-hybridized carbons (Fsp3) is 0.0833. The lowest BCUT2D eigenvalue weighted by molar-refractivity contribution is -0.153. The predicted octanol–water partition coefficient (Wildman–Crippen LogP) is 4.02. The molecule has 2 aromatic rings. The van der Waals surface area contributed by atoms with Crippen molar-refractivity contribution in [1.29, 1.82) is 0 Å². The van der Waals surface area contributed by atoms with Gasteiger partial charge >= 0.3 is 12.3 Å². The maximum atomic E-state index is 12.7. The lowest BCUT2D eigenvalue weighted by Crippen LogP contribution is -2.09. The van der Waals surface area contributed by atoms with Crippen molar-refractivity contribution in [2.24, 2.45) is 0 Å². The molecule has 0 radical (unpaired) electrons. The summed E-state index contributed by atoms with van der Waals surface area (Å²) in [4.78, 5) is 10.4. The topological polar surface area (TPSA) is 59.7 Å². The molecule has 1 heterocycles. The van der Waals surface area contributed by atoms with Crippen LogP contribution in [0.15, 0.2) is 40.8 Å². The normalized spacial score (nSPS) is 11.3. The van der Waals surface area contributed by atoms with Gasteiger partial charge in [-0.15, -0.1) is 0 Å². The van der Waals surface area contributed by atoms with Crippen LogP contribution in [0.2, 0.25) is 0 Å². The van der Waals surface area contributed by atoms with Crippen LogP contribution < -0.4 is 4.74 Å². The third kappa shape index (κ3) is 2.87. The average molecular weight is 272 g/mol. The number of hydrogen-bond donors (Lipinski definition) is 1. The van der Waals surface area contributed by atoms with E-state index in [9.17, 15) is 18.0 Å². The second-order valence-electron chi connectivity index (χ2n) is 3.54. The molecule has 2 rings (SSSR count). The number of rotatable bonds is 2. The van der Waals surface area contributed by atoms with E-state index in [1.807, 2.05) is 0 Å². The first-order valence-corrected chi connectivity index (χ1v) is 5.05. The summed E-state index contributed by atoms with van der Waals surface area (Å²) >= 11 is 0. The highest BCUT2D eigenvalue weighted by molar-refractivity contribution is 5.65. The maximum absolute atomic E-state index is 12.7. The minimum Gasteiger partial charge on any atom is -0.449 e. The van der Waals surface area contributed by atoms with E-state index in [-0.39, 0.29) is 5.76 Å². The number of furan rings is 1. The van der Waals surface area contributed by atoms with Crippen LogP contribution in [0.25, 0.3) is 11.3 Å². The minimum atomic E-state index is -4.84. The van der Waals surface area contributed by atoms with Gasteiger partial charge < -0.3 is 14.3 Å². The molecule has 7 heteroatoms. The van der Waals surface area contributed by atoms with Gasteiger partial charge in [-0.2, -0.15) is 13.2 Å². The Morgan fingerprint density at radius 1 is 1.21 bits per heavy atom. The van der Waals surface area contributed by atoms with Gasteiger partial charge in [0.15, 0.2) is 5.75 Å². The number of hydrogen-bond acceptors (Lipinski definition) is 3. The molecule has 0 amide bonds. The molecule has 1 N–H and O–H groups in total. The molecule has 0 bridgehead atoms. The summed E-state index contributed by atoms with van der Waals surface area (Å²) in [7, 11) is 0. The summed E-state index contributed by atoms with van der Waals surface area (Å²) in [6.45, 7) is 0. The monoisotopic (exact) mass is 272 g/mol. The van der Waals surface area contributed by atoms with Gasteiger partial charge in [-0.05, 0) is 0 Å². The maximum Gasteiger partial charge on any atom is 0.511 e. The number of carboxylic acid groups (broad SMARTS) is 1. The Kier molecular flexibility index (Phi) is 3.20. The van der Waals surface area contributed by atoms with Crippen LogP contribution in [0.3, 0.4) is 0 Å². The van der Waals surface area contributed by atoms with Gasteiger partial charge in [0.1, 0.15) is 5.76 Å². The van der Waals surface area contributed by atoms with Crippen LogP contribution in [-0.4, -0.2) is 11.3 Å². The molecular weight excluding hydrogens is 265 g/mol. The highest BCUT2D eigenvalue weighted by atomic mass is 19.4. The average Bonchev–Trinajstić information content (AvgIpc) is 2.73. The molecule has 0 aliphatic heterocycles. The third-order valence-corrected chi connectivity index (χ3v) is 2.21. The SMILES string of the molecule is O=C(O)Oc1cc(-c2ccccc2)oc1C(F)(F)F. The number of halogens is 3. The van der Waals surface area contributed by atoms with E-state index in [1.165, 1.54) is 12.1 Å². The summed E-state index contributed by atoms with van der Waals surface area (Å²) in [5, 5.41) is 8.41. The summed E-state index contributed by atoms with van der Waals surface area (Å²) in [6, 6.07) is 8.87. The van der Waals surface area contributed by atoms with Crippen LogP contribution in [0.1, 0.15) is 5.76 Å². The Balaban J connectivity index is 2.49. The molecule has 0 atom stereocenters. The van der Waals surface area contributed by atoms with Crippen molar-refractivity contribution >= 4 is 6.16 Å². The lowest BCUT2D eigenvalue weighted by atomic mass is 10.2. The highest BCUT2D eigenvalue weighted by Gasteiger charge is 2.40. The molecule has 4 nitrogen and oxygen atoms in total. The van der Waals surface area contributed by atoms with E-state index >= 15 is 0 Å².